The van der Waals surface area contributed by atoms with E-state index in [1.54, 1.807) is 24.3 Å². The first kappa shape index (κ1) is 15.9. The Balaban J connectivity index is 2.41. The summed E-state index contributed by atoms with van der Waals surface area (Å²) in [7, 11) is 0. The third kappa shape index (κ3) is 3.77. The first-order chi connectivity index (χ1) is 10.0. The van der Waals surface area contributed by atoms with E-state index in [-0.39, 0.29) is 17.1 Å². The number of rotatable bonds is 5. The van der Waals surface area contributed by atoms with Crippen LogP contribution in [-0.2, 0) is 0 Å². The summed E-state index contributed by atoms with van der Waals surface area (Å²) in [4.78, 5) is 12.1. The molecule has 0 aliphatic heterocycles. The molecule has 6 heteroatoms. The van der Waals surface area contributed by atoms with Crippen molar-refractivity contribution in [1.82, 2.24) is 0 Å². The van der Waals surface area contributed by atoms with Gasteiger partial charge in [0.25, 0.3) is 0 Å². The third-order valence-corrected chi connectivity index (χ3v) is 4.20. The van der Waals surface area contributed by atoms with E-state index in [9.17, 15) is 14.3 Å². The zero-order valence-electron chi connectivity index (χ0n) is 11.1. The van der Waals surface area contributed by atoms with Crippen LogP contribution in [0.25, 0.3) is 0 Å². The lowest BCUT2D eigenvalue weighted by molar-refractivity contribution is 0.0690. The monoisotopic (exact) mass is 370 g/mol. The Morgan fingerprint density at radius 1 is 1.38 bits per heavy atom. The Labute approximate surface area is 134 Å². The maximum absolute atomic E-state index is 13.5. The molecule has 0 fully saturated rings. The number of carboxylic acid groups (broad SMARTS) is 1. The summed E-state index contributed by atoms with van der Waals surface area (Å²) in [6.07, 6.45) is 0. The molecule has 2 aromatic carbocycles. The van der Waals surface area contributed by atoms with E-state index in [0.717, 1.165) is 5.75 Å². The fourth-order valence-corrected chi connectivity index (χ4v) is 2.81. The number of halogens is 2. The molecule has 2 rings (SSSR count). The fourth-order valence-electron chi connectivity index (χ4n) is 1.75. The molecule has 0 amide bonds. The Morgan fingerprint density at radius 3 is 2.76 bits per heavy atom. The molecule has 0 aliphatic rings. The number of hydrogen-bond donors (Lipinski definition) is 1. The minimum atomic E-state index is -1.07. The van der Waals surface area contributed by atoms with Crippen LogP contribution < -0.4 is 4.74 Å². The average molecular weight is 371 g/mol. The summed E-state index contributed by atoms with van der Waals surface area (Å²) in [5.41, 5.74) is 0.0904. The Hall–Kier alpha value is -1.53. The lowest BCUT2D eigenvalue weighted by atomic mass is 10.2. The Morgan fingerprint density at radius 2 is 2.14 bits per heavy atom. The Kier molecular flexibility index (Phi) is 5.25. The van der Waals surface area contributed by atoms with Crippen LogP contribution in [0.5, 0.6) is 11.5 Å². The largest absolute Gasteiger partial charge is 0.478 e. The van der Waals surface area contributed by atoms with Crippen LogP contribution in [0.15, 0.2) is 45.8 Å². The van der Waals surface area contributed by atoms with Gasteiger partial charge < -0.3 is 9.84 Å². The summed E-state index contributed by atoms with van der Waals surface area (Å²) in [5, 5.41) is 9.37. The van der Waals surface area contributed by atoms with Crippen molar-refractivity contribution in [2.45, 2.75) is 11.8 Å². The second kappa shape index (κ2) is 6.95. The molecule has 0 radical (unpaired) electrons. The minimum absolute atomic E-state index is 0.0904. The van der Waals surface area contributed by atoms with Gasteiger partial charge >= 0.3 is 5.97 Å². The normalized spacial score (nSPS) is 10.4. The number of carbonyl (C=O) groups is 1. The van der Waals surface area contributed by atoms with Gasteiger partial charge in [0.1, 0.15) is 22.9 Å². The van der Waals surface area contributed by atoms with Crippen LogP contribution in [-0.4, -0.2) is 16.8 Å². The van der Waals surface area contributed by atoms with E-state index in [4.69, 9.17) is 4.74 Å². The molecule has 0 saturated heterocycles. The van der Waals surface area contributed by atoms with Crippen molar-refractivity contribution in [1.29, 1.82) is 0 Å². The molecular weight excluding hydrogens is 359 g/mol. The van der Waals surface area contributed by atoms with Gasteiger partial charge in [0.2, 0.25) is 0 Å². The van der Waals surface area contributed by atoms with Crippen molar-refractivity contribution >= 4 is 33.7 Å². The lowest BCUT2D eigenvalue weighted by Gasteiger charge is -2.12. The van der Waals surface area contributed by atoms with E-state index in [0.29, 0.717) is 9.37 Å². The lowest BCUT2D eigenvalue weighted by Crippen LogP contribution is -2.02. The van der Waals surface area contributed by atoms with Gasteiger partial charge in [-0.3, -0.25) is 0 Å². The molecule has 0 aromatic heterocycles. The molecule has 110 valence electrons. The molecule has 2 aromatic rings. The quantitative estimate of drug-likeness (QED) is 0.735. The second-order valence-electron chi connectivity index (χ2n) is 4.05. The highest BCUT2D eigenvalue weighted by Crippen LogP contribution is 2.33. The van der Waals surface area contributed by atoms with Gasteiger partial charge in [0.15, 0.2) is 0 Å². The van der Waals surface area contributed by atoms with Crippen LogP contribution in [0.4, 0.5) is 4.39 Å². The molecule has 1 N–H and O–H groups in total. The van der Waals surface area contributed by atoms with E-state index in [1.807, 2.05) is 6.92 Å². The van der Waals surface area contributed by atoms with Crippen molar-refractivity contribution in [2.24, 2.45) is 0 Å². The van der Waals surface area contributed by atoms with Crippen LogP contribution in [0.3, 0.4) is 0 Å². The summed E-state index contributed by atoms with van der Waals surface area (Å²) >= 11 is 4.47. The number of benzene rings is 2. The predicted octanol–water partition coefficient (Wildman–Crippen LogP) is 5.19. The van der Waals surface area contributed by atoms with Crippen LogP contribution in [0, 0.1) is 5.82 Å². The number of ether oxygens (including phenoxy) is 1. The average Bonchev–Trinajstić information content (AvgIpc) is 2.43. The summed E-state index contributed by atoms with van der Waals surface area (Å²) in [6, 6.07) is 9.29. The minimum Gasteiger partial charge on any atom is -0.478 e. The van der Waals surface area contributed by atoms with Crippen molar-refractivity contribution < 1.29 is 19.0 Å². The van der Waals surface area contributed by atoms with Gasteiger partial charge in [-0.15, -0.1) is 11.8 Å². The molecule has 0 heterocycles. The number of carboxylic acids is 1. The molecule has 0 unspecified atom stereocenters. The van der Waals surface area contributed by atoms with Crippen molar-refractivity contribution in [2.75, 3.05) is 5.75 Å². The topological polar surface area (TPSA) is 46.5 Å². The molecule has 0 saturated carbocycles. The van der Waals surface area contributed by atoms with E-state index >= 15 is 0 Å². The predicted molar refractivity (Wildman–Crippen MR) is 84.0 cm³/mol. The van der Waals surface area contributed by atoms with Crippen molar-refractivity contribution in [3.05, 3.63) is 52.3 Å². The SMILES string of the molecule is CCSc1cccc(Oc2ccc(Br)c(F)c2)c1C(=O)O. The molecular formula is C15H12BrFO3S. The number of aromatic carboxylic acids is 1. The van der Waals surface area contributed by atoms with Gasteiger partial charge in [0.05, 0.1) is 4.47 Å². The van der Waals surface area contributed by atoms with Gasteiger partial charge in [-0.05, 0) is 45.9 Å². The van der Waals surface area contributed by atoms with Crippen molar-refractivity contribution in [3.63, 3.8) is 0 Å². The van der Waals surface area contributed by atoms with Gasteiger partial charge in [-0.2, -0.15) is 0 Å². The van der Waals surface area contributed by atoms with Gasteiger partial charge in [-0.1, -0.05) is 13.0 Å². The van der Waals surface area contributed by atoms with Crippen LogP contribution >= 0.6 is 27.7 Å². The molecule has 0 atom stereocenters. The van der Waals surface area contributed by atoms with Gasteiger partial charge in [-0.25, -0.2) is 9.18 Å². The highest BCUT2D eigenvalue weighted by atomic mass is 79.9. The third-order valence-electron chi connectivity index (χ3n) is 2.62. The molecule has 0 spiro atoms. The first-order valence-electron chi connectivity index (χ1n) is 6.15. The highest BCUT2D eigenvalue weighted by Gasteiger charge is 2.17. The highest BCUT2D eigenvalue weighted by molar-refractivity contribution is 9.10. The van der Waals surface area contributed by atoms with Gasteiger partial charge in [0, 0.05) is 11.0 Å². The standard InChI is InChI=1S/C15H12BrFO3S/c1-2-21-13-5-3-4-12(14(13)15(18)19)20-9-6-7-10(16)11(17)8-9/h3-8H,2H2,1H3,(H,18,19). The Bertz CT molecular complexity index is 676. The van der Waals surface area contributed by atoms with E-state index in [2.05, 4.69) is 15.9 Å². The second-order valence-corrected chi connectivity index (χ2v) is 6.21. The fraction of sp³-hybridized carbons (Fsp3) is 0.133. The zero-order valence-corrected chi connectivity index (χ0v) is 13.5. The van der Waals surface area contributed by atoms with E-state index < -0.39 is 11.8 Å². The maximum Gasteiger partial charge on any atom is 0.340 e. The summed E-state index contributed by atoms with van der Waals surface area (Å²) < 4.78 is 19.4. The summed E-state index contributed by atoms with van der Waals surface area (Å²) in [5.74, 6) is -0.349. The van der Waals surface area contributed by atoms with Crippen LogP contribution in [0.1, 0.15) is 17.3 Å². The van der Waals surface area contributed by atoms with Crippen molar-refractivity contribution in [3.8, 4) is 11.5 Å². The van der Waals surface area contributed by atoms with Crippen LogP contribution in [0.2, 0.25) is 0 Å². The smallest absolute Gasteiger partial charge is 0.340 e. The number of thioether (sulfide) groups is 1. The molecule has 21 heavy (non-hydrogen) atoms. The van der Waals surface area contributed by atoms with E-state index in [1.165, 1.54) is 23.9 Å². The first-order valence-corrected chi connectivity index (χ1v) is 7.92. The molecule has 0 bridgehead atoms. The summed E-state index contributed by atoms with van der Waals surface area (Å²) in [6.45, 7) is 1.94. The molecule has 0 aliphatic carbocycles. The zero-order chi connectivity index (χ0) is 15.4. The maximum atomic E-state index is 13.5. The molecule has 3 nitrogen and oxygen atoms in total. The number of hydrogen-bond acceptors (Lipinski definition) is 3.